The number of hydrogen-bond donors (Lipinski definition) is 2. The lowest BCUT2D eigenvalue weighted by molar-refractivity contribution is 0.285. The molecule has 2 saturated carbocycles. The van der Waals surface area contributed by atoms with Crippen molar-refractivity contribution in [3.63, 3.8) is 0 Å². The van der Waals surface area contributed by atoms with Crippen LogP contribution in [0.2, 0.25) is 0 Å². The van der Waals surface area contributed by atoms with E-state index in [1.165, 1.54) is 12.3 Å². The normalized spacial score (nSPS) is 19.1. The number of guanidine groups is 1. The van der Waals surface area contributed by atoms with Crippen LogP contribution in [-0.4, -0.2) is 46.6 Å². The van der Waals surface area contributed by atoms with Crippen LogP contribution in [0.3, 0.4) is 0 Å². The Morgan fingerprint density at radius 2 is 2.07 bits per heavy atom. The number of benzene rings is 1. The highest BCUT2D eigenvalue weighted by Gasteiger charge is 2.45. The largest absolute Gasteiger partial charge is 0.490 e. The van der Waals surface area contributed by atoms with Gasteiger partial charge in [0.1, 0.15) is 9.84 Å². The van der Waals surface area contributed by atoms with E-state index in [1.807, 2.05) is 13.0 Å². The molecular formula is C20H31FIN3O3S. The van der Waals surface area contributed by atoms with E-state index in [0.29, 0.717) is 30.8 Å². The number of halogens is 2. The van der Waals surface area contributed by atoms with Gasteiger partial charge >= 0.3 is 0 Å². The molecule has 29 heavy (non-hydrogen) atoms. The first-order valence-corrected chi connectivity index (χ1v) is 11.8. The zero-order valence-corrected chi connectivity index (χ0v) is 20.3. The molecule has 0 saturated heterocycles. The van der Waals surface area contributed by atoms with Gasteiger partial charge in [0, 0.05) is 25.3 Å². The van der Waals surface area contributed by atoms with Crippen LogP contribution < -0.4 is 15.4 Å². The highest BCUT2D eigenvalue weighted by molar-refractivity contribution is 14.0. The molecule has 164 valence electrons. The fourth-order valence-corrected chi connectivity index (χ4v) is 4.76. The Labute approximate surface area is 190 Å². The number of nitrogens with zero attached hydrogens (tertiary/aromatic N) is 1. The predicted octanol–water partition coefficient (Wildman–Crippen LogP) is 3.28. The second-order valence-corrected chi connectivity index (χ2v) is 10.4. The summed E-state index contributed by atoms with van der Waals surface area (Å²) in [6.07, 6.45) is 5.39. The van der Waals surface area contributed by atoms with Gasteiger partial charge in [-0.05, 0) is 56.2 Å². The quantitative estimate of drug-likeness (QED) is 0.286. The molecule has 0 aliphatic heterocycles. The van der Waals surface area contributed by atoms with E-state index < -0.39 is 9.84 Å². The number of sulfone groups is 1. The summed E-state index contributed by atoms with van der Waals surface area (Å²) in [5.41, 5.74) is 0.595. The summed E-state index contributed by atoms with van der Waals surface area (Å²) in [5, 5.41) is 6.45. The van der Waals surface area contributed by atoms with E-state index >= 15 is 0 Å². The van der Waals surface area contributed by atoms with Gasteiger partial charge in [-0.1, -0.05) is 6.07 Å². The van der Waals surface area contributed by atoms with Crippen molar-refractivity contribution in [3.8, 4) is 5.75 Å². The predicted molar refractivity (Wildman–Crippen MR) is 124 cm³/mol. The summed E-state index contributed by atoms with van der Waals surface area (Å²) in [6, 6.07) is 4.84. The van der Waals surface area contributed by atoms with Crippen LogP contribution in [0.4, 0.5) is 4.39 Å². The van der Waals surface area contributed by atoms with Gasteiger partial charge in [-0.15, -0.1) is 24.0 Å². The monoisotopic (exact) mass is 539 g/mol. The van der Waals surface area contributed by atoms with Crippen LogP contribution >= 0.6 is 24.0 Å². The van der Waals surface area contributed by atoms with Crippen LogP contribution in [-0.2, 0) is 9.84 Å². The van der Waals surface area contributed by atoms with Crippen LogP contribution in [0.25, 0.3) is 0 Å². The molecule has 2 fully saturated rings. The molecule has 3 rings (SSSR count). The minimum Gasteiger partial charge on any atom is -0.490 e. The van der Waals surface area contributed by atoms with Gasteiger partial charge in [0.25, 0.3) is 0 Å². The van der Waals surface area contributed by atoms with Crippen molar-refractivity contribution < 1.29 is 17.5 Å². The molecule has 1 unspecified atom stereocenters. The van der Waals surface area contributed by atoms with Gasteiger partial charge < -0.3 is 15.4 Å². The third-order valence-electron chi connectivity index (χ3n) is 5.36. The first kappa shape index (κ1) is 24.2. The van der Waals surface area contributed by atoms with Gasteiger partial charge in [-0.25, -0.2) is 12.8 Å². The third kappa shape index (κ3) is 7.58. The first-order chi connectivity index (χ1) is 13.2. The van der Waals surface area contributed by atoms with E-state index in [0.717, 1.165) is 31.2 Å². The lowest BCUT2D eigenvalue weighted by Gasteiger charge is -2.21. The molecule has 6 nitrogen and oxygen atoms in total. The van der Waals surface area contributed by atoms with Gasteiger partial charge in [0.2, 0.25) is 0 Å². The average molecular weight is 539 g/mol. The van der Waals surface area contributed by atoms with Crippen molar-refractivity contribution in [3.05, 3.63) is 29.6 Å². The lowest BCUT2D eigenvalue weighted by atomic mass is 10.1. The minimum atomic E-state index is -3.01. The van der Waals surface area contributed by atoms with E-state index in [9.17, 15) is 12.8 Å². The Morgan fingerprint density at radius 1 is 1.38 bits per heavy atom. The molecule has 0 bridgehead atoms. The molecule has 0 radical (unpaired) electrons. The second-order valence-electron chi connectivity index (χ2n) is 8.31. The van der Waals surface area contributed by atoms with E-state index in [2.05, 4.69) is 15.6 Å². The van der Waals surface area contributed by atoms with Crippen molar-refractivity contribution in [1.82, 2.24) is 10.6 Å². The average Bonchev–Trinajstić information content (AvgIpc) is 3.53. The Balaban J connectivity index is 0.00000300. The van der Waals surface area contributed by atoms with E-state index in [4.69, 9.17) is 4.74 Å². The Morgan fingerprint density at radius 3 is 2.59 bits per heavy atom. The maximum Gasteiger partial charge on any atom is 0.191 e. The van der Waals surface area contributed by atoms with Gasteiger partial charge in [0.05, 0.1) is 18.4 Å². The number of hydrogen-bond acceptors (Lipinski definition) is 4. The van der Waals surface area contributed by atoms with Crippen molar-refractivity contribution in [2.24, 2.45) is 16.3 Å². The molecular weight excluding hydrogens is 508 g/mol. The molecule has 1 aromatic rings. The summed E-state index contributed by atoms with van der Waals surface area (Å²) in [6.45, 7) is 3.06. The van der Waals surface area contributed by atoms with E-state index in [1.54, 1.807) is 13.1 Å². The molecule has 2 aliphatic carbocycles. The van der Waals surface area contributed by atoms with Crippen LogP contribution in [0.5, 0.6) is 5.75 Å². The fraction of sp³-hybridized carbons (Fsp3) is 0.650. The van der Waals surface area contributed by atoms with Gasteiger partial charge in [-0.2, -0.15) is 0 Å². The van der Waals surface area contributed by atoms with Crippen LogP contribution in [0.1, 0.15) is 44.2 Å². The van der Waals surface area contributed by atoms with E-state index in [-0.39, 0.29) is 47.0 Å². The second kappa shape index (κ2) is 9.80. The van der Waals surface area contributed by atoms with Crippen molar-refractivity contribution >= 4 is 39.8 Å². The molecule has 1 atom stereocenters. The topological polar surface area (TPSA) is 79.8 Å². The van der Waals surface area contributed by atoms with Gasteiger partial charge in [-0.3, -0.25) is 4.99 Å². The van der Waals surface area contributed by atoms with Crippen LogP contribution in [0.15, 0.2) is 23.2 Å². The molecule has 0 amide bonds. The molecule has 2 N–H and O–H groups in total. The smallest absolute Gasteiger partial charge is 0.191 e. The van der Waals surface area contributed by atoms with Gasteiger partial charge in [0.15, 0.2) is 17.5 Å². The fourth-order valence-electron chi connectivity index (χ4n) is 3.26. The molecule has 1 aromatic carbocycles. The Bertz CT molecular complexity index is 839. The highest BCUT2D eigenvalue weighted by atomic mass is 127. The summed E-state index contributed by atoms with van der Waals surface area (Å²) >= 11 is 0. The summed E-state index contributed by atoms with van der Waals surface area (Å²) in [4.78, 5) is 4.20. The summed E-state index contributed by atoms with van der Waals surface area (Å²) in [5.74, 6) is 1.27. The van der Waals surface area contributed by atoms with Crippen molar-refractivity contribution in [2.75, 3.05) is 32.2 Å². The maximum absolute atomic E-state index is 14.3. The molecule has 2 aliphatic rings. The number of ether oxygens (including phenoxy) is 1. The zero-order valence-electron chi connectivity index (χ0n) is 17.2. The van der Waals surface area contributed by atoms with Crippen molar-refractivity contribution in [1.29, 1.82) is 0 Å². The Hall–Kier alpha value is -1.10. The molecule has 9 heteroatoms. The molecule has 0 aromatic heterocycles. The third-order valence-corrected chi connectivity index (χ3v) is 6.50. The first-order valence-electron chi connectivity index (χ1n) is 9.77. The minimum absolute atomic E-state index is 0. The van der Waals surface area contributed by atoms with Crippen molar-refractivity contribution in [2.45, 2.75) is 38.6 Å². The van der Waals surface area contributed by atoms with Crippen LogP contribution in [0, 0.1) is 17.2 Å². The summed E-state index contributed by atoms with van der Waals surface area (Å²) in [7, 11) is -1.35. The Kier molecular flexibility index (Phi) is 8.17. The maximum atomic E-state index is 14.3. The lowest BCUT2D eigenvalue weighted by Crippen LogP contribution is -2.42. The SMILES string of the molecule is CN=C(NCC1(CS(C)(=O)=O)CC1)NC(C)c1ccc(OCC2CC2)c(F)c1.I. The molecule has 0 spiro atoms. The highest BCUT2D eigenvalue weighted by Crippen LogP contribution is 2.46. The zero-order chi connectivity index (χ0) is 20.4. The number of nitrogens with one attached hydrogen (secondary N) is 2. The molecule has 0 heterocycles. The standard InChI is InChI=1S/C20H30FN3O3S.HI/c1-14(16-6-7-18(17(21)10-16)27-11-15-4-5-15)24-19(22-2)23-12-20(8-9-20)13-28(3,25)26;/h6-7,10,14-15H,4-5,8-9,11-13H2,1-3H3,(H2,22,23,24);1H. The summed E-state index contributed by atoms with van der Waals surface area (Å²) < 4.78 is 43.0. The number of rotatable bonds is 9. The number of aliphatic imine (C=N–C) groups is 1.